The number of hydrogen-bond acceptors (Lipinski definition) is 3. The fraction of sp³-hybridized carbons (Fsp3) is 0.800. The zero-order chi connectivity index (χ0) is 18.0. The third-order valence-electron chi connectivity index (χ3n) is 5.78. The van der Waals surface area contributed by atoms with E-state index in [-0.39, 0.29) is 5.91 Å². The van der Waals surface area contributed by atoms with Crippen molar-refractivity contribution in [2.24, 2.45) is 5.92 Å². The van der Waals surface area contributed by atoms with Crippen LogP contribution in [0.15, 0.2) is 0 Å². The summed E-state index contributed by atoms with van der Waals surface area (Å²) in [6.45, 7) is 13.8. The van der Waals surface area contributed by atoms with Crippen molar-refractivity contribution in [1.29, 1.82) is 0 Å². The molecule has 0 saturated carbocycles. The monoisotopic (exact) mass is 346 g/mol. The molecule has 1 unspecified atom stereocenters. The summed E-state index contributed by atoms with van der Waals surface area (Å²) in [4.78, 5) is 17.6. The molecular formula is C20H34N4O. The first-order valence-electron chi connectivity index (χ1n) is 10.2. The lowest BCUT2D eigenvalue weighted by Gasteiger charge is -2.33. The number of aromatic nitrogens is 2. The van der Waals surface area contributed by atoms with Crippen LogP contribution in [0, 0.1) is 5.92 Å². The van der Waals surface area contributed by atoms with Gasteiger partial charge in [0.1, 0.15) is 0 Å². The lowest BCUT2D eigenvalue weighted by molar-refractivity contribution is 0.0784. The Morgan fingerprint density at radius 2 is 1.92 bits per heavy atom. The SMILES string of the molecule is CCN(CC)C1CCc2c(c(C(=O)N3CCCC3)nn2CC(C)C)C1. The molecule has 140 valence electrons. The molecule has 1 atom stereocenters. The molecule has 1 aromatic rings. The second-order valence-electron chi connectivity index (χ2n) is 7.97. The molecule has 1 amide bonds. The molecule has 2 heterocycles. The van der Waals surface area contributed by atoms with Crippen LogP contribution >= 0.6 is 0 Å². The Bertz CT molecular complexity index is 597. The Morgan fingerprint density at radius 1 is 1.24 bits per heavy atom. The average molecular weight is 347 g/mol. The molecular weight excluding hydrogens is 312 g/mol. The highest BCUT2D eigenvalue weighted by Gasteiger charge is 2.33. The van der Waals surface area contributed by atoms with Crippen molar-refractivity contribution in [3.05, 3.63) is 17.0 Å². The average Bonchev–Trinajstić information content (AvgIpc) is 3.23. The quantitative estimate of drug-likeness (QED) is 0.795. The van der Waals surface area contributed by atoms with Crippen LogP contribution in [0.3, 0.4) is 0 Å². The number of amides is 1. The molecule has 1 aromatic heterocycles. The summed E-state index contributed by atoms with van der Waals surface area (Å²) < 4.78 is 2.14. The third-order valence-corrected chi connectivity index (χ3v) is 5.78. The summed E-state index contributed by atoms with van der Waals surface area (Å²) in [6.07, 6.45) is 5.45. The zero-order valence-electron chi connectivity index (χ0n) is 16.4. The first-order valence-corrected chi connectivity index (χ1v) is 10.2. The van der Waals surface area contributed by atoms with Gasteiger partial charge in [0.2, 0.25) is 0 Å². The summed E-state index contributed by atoms with van der Waals surface area (Å²) in [5.74, 6) is 0.704. The van der Waals surface area contributed by atoms with Crippen LogP contribution in [0.1, 0.15) is 68.7 Å². The lowest BCUT2D eigenvalue weighted by Crippen LogP contribution is -2.40. The largest absolute Gasteiger partial charge is 0.337 e. The number of fused-ring (bicyclic) bond motifs is 1. The van der Waals surface area contributed by atoms with Gasteiger partial charge in [-0.15, -0.1) is 0 Å². The van der Waals surface area contributed by atoms with E-state index < -0.39 is 0 Å². The fourth-order valence-electron chi connectivity index (χ4n) is 4.46. The molecule has 5 nitrogen and oxygen atoms in total. The minimum absolute atomic E-state index is 0.163. The van der Waals surface area contributed by atoms with E-state index in [1.807, 2.05) is 4.90 Å². The van der Waals surface area contributed by atoms with Crippen LogP contribution in [-0.4, -0.2) is 57.7 Å². The van der Waals surface area contributed by atoms with Crippen LogP contribution in [0.2, 0.25) is 0 Å². The Kier molecular flexibility index (Phi) is 5.82. The Morgan fingerprint density at radius 3 is 2.52 bits per heavy atom. The van der Waals surface area contributed by atoms with E-state index >= 15 is 0 Å². The van der Waals surface area contributed by atoms with Crippen LogP contribution in [-0.2, 0) is 19.4 Å². The van der Waals surface area contributed by atoms with E-state index in [0.717, 1.165) is 64.1 Å². The fourth-order valence-corrected chi connectivity index (χ4v) is 4.46. The zero-order valence-corrected chi connectivity index (χ0v) is 16.4. The van der Waals surface area contributed by atoms with Gasteiger partial charge < -0.3 is 9.80 Å². The van der Waals surface area contributed by atoms with Gasteiger partial charge in [0.25, 0.3) is 5.91 Å². The molecule has 1 aliphatic carbocycles. The number of likely N-dealkylation sites (tertiary alicyclic amines) is 1. The van der Waals surface area contributed by atoms with Gasteiger partial charge in [0.15, 0.2) is 5.69 Å². The smallest absolute Gasteiger partial charge is 0.274 e. The molecule has 0 spiro atoms. The van der Waals surface area contributed by atoms with E-state index in [4.69, 9.17) is 5.10 Å². The van der Waals surface area contributed by atoms with Crippen LogP contribution in [0.5, 0.6) is 0 Å². The van der Waals surface area contributed by atoms with Crippen molar-refractivity contribution >= 4 is 5.91 Å². The Balaban J connectivity index is 1.92. The van der Waals surface area contributed by atoms with Gasteiger partial charge in [-0.3, -0.25) is 9.48 Å². The van der Waals surface area contributed by atoms with Gasteiger partial charge in [-0.1, -0.05) is 27.7 Å². The number of rotatable bonds is 6. The van der Waals surface area contributed by atoms with E-state index in [0.29, 0.717) is 12.0 Å². The Labute approximate surface area is 152 Å². The van der Waals surface area contributed by atoms with Gasteiger partial charge in [0.05, 0.1) is 0 Å². The van der Waals surface area contributed by atoms with Crippen LogP contribution in [0.4, 0.5) is 0 Å². The second-order valence-corrected chi connectivity index (χ2v) is 7.97. The molecule has 0 aromatic carbocycles. The molecule has 2 aliphatic rings. The number of likely N-dealkylation sites (N-methyl/N-ethyl adjacent to an activating group) is 1. The molecule has 25 heavy (non-hydrogen) atoms. The first kappa shape index (κ1) is 18.4. The van der Waals surface area contributed by atoms with Gasteiger partial charge in [-0.05, 0) is 51.1 Å². The maximum Gasteiger partial charge on any atom is 0.274 e. The predicted molar refractivity (Wildman–Crippen MR) is 101 cm³/mol. The Hall–Kier alpha value is -1.36. The van der Waals surface area contributed by atoms with Crippen molar-refractivity contribution < 1.29 is 4.79 Å². The molecule has 0 N–H and O–H groups in total. The van der Waals surface area contributed by atoms with Crippen LogP contribution in [0.25, 0.3) is 0 Å². The number of carbonyl (C=O) groups excluding carboxylic acids is 1. The molecule has 1 aliphatic heterocycles. The predicted octanol–water partition coefficient (Wildman–Crippen LogP) is 2.97. The minimum Gasteiger partial charge on any atom is -0.337 e. The molecule has 1 saturated heterocycles. The van der Waals surface area contributed by atoms with Crippen LogP contribution < -0.4 is 0 Å². The number of hydrogen-bond donors (Lipinski definition) is 0. The molecule has 5 heteroatoms. The lowest BCUT2D eigenvalue weighted by atomic mass is 9.90. The molecule has 1 fully saturated rings. The number of nitrogens with zero attached hydrogens (tertiary/aromatic N) is 4. The van der Waals surface area contributed by atoms with Crippen molar-refractivity contribution in [2.45, 2.75) is 72.4 Å². The molecule has 0 bridgehead atoms. The highest BCUT2D eigenvalue weighted by atomic mass is 16.2. The second kappa shape index (κ2) is 7.90. The van der Waals surface area contributed by atoms with E-state index in [2.05, 4.69) is 37.3 Å². The first-order chi connectivity index (χ1) is 12.0. The van der Waals surface area contributed by atoms with Gasteiger partial charge >= 0.3 is 0 Å². The van der Waals surface area contributed by atoms with Crippen molar-refractivity contribution in [3.63, 3.8) is 0 Å². The molecule has 0 radical (unpaired) electrons. The maximum absolute atomic E-state index is 13.1. The van der Waals surface area contributed by atoms with Gasteiger partial charge in [-0.2, -0.15) is 5.10 Å². The summed E-state index contributed by atoms with van der Waals surface area (Å²) in [5, 5.41) is 4.83. The van der Waals surface area contributed by atoms with Crippen molar-refractivity contribution in [1.82, 2.24) is 19.6 Å². The highest BCUT2D eigenvalue weighted by molar-refractivity contribution is 5.94. The van der Waals surface area contributed by atoms with Gasteiger partial charge in [0, 0.05) is 36.9 Å². The van der Waals surface area contributed by atoms with Crippen molar-refractivity contribution in [3.8, 4) is 0 Å². The standard InChI is InChI=1S/C20H34N4O/c1-5-22(6-2)16-9-10-18-17(13-16)19(21-24(18)14-15(3)4)20(25)23-11-7-8-12-23/h15-16H,5-14H2,1-4H3. The normalized spacial score (nSPS) is 20.6. The summed E-state index contributed by atoms with van der Waals surface area (Å²) in [5.41, 5.74) is 3.30. The number of carbonyl (C=O) groups is 1. The molecule has 3 rings (SSSR count). The van der Waals surface area contributed by atoms with E-state index in [1.54, 1.807) is 0 Å². The highest BCUT2D eigenvalue weighted by Crippen LogP contribution is 2.29. The van der Waals surface area contributed by atoms with E-state index in [9.17, 15) is 4.79 Å². The van der Waals surface area contributed by atoms with Crippen molar-refractivity contribution in [2.75, 3.05) is 26.2 Å². The maximum atomic E-state index is 13.1. The summed E-state index contributed by atoms with van der Waals surface area (Å²) in [7, 11) is 0. The minimum atomic E-state index is 0.163. The topological polar surface area (TPSA) is 41.4 Å². The summed E-state index contributed by atoms with van der Waals surface area (Å²) in [6, 6.07) is 0.546. The van der Waals surface area contributed by atoms with E-state index in [1.165, 1.54) is 17.7 Å². The van der Waals surface area contributed by atoms with Gasteiger partial charge in [-0.25, -0.2) is 0 Å². The summed E-state index contributed by atoms with van der Waals surface area (Å²) >= 11 is 0. The third kappa shape index (κ3) is 3.76.